The minimum Gasteiger partial charge on any atom is -0.488 e. The molecule has 0 fully saturated rings. The molecule has 6 aromatic rings. The Hall–Kier alpha value is -7.33. The van der Waals surface area contributed by atoms with Gasteiger partial charge in [0.2, 0.25) is 28.2 Å². The van der Waals surface area contributed by atoms with Crippen LogP contribution in [0.3, 0.4) is 0 Å². The van der Waals surface area contributed by atoms with Gasteiger partial charge < -0.3 is 18.9 Å². The van der Waals surface area contributed by atoms with Crippen LogP contribution in [0.1, 0.15) is 80.0 Å². The molecule has 0 aliphatic carbocycles. The molecule has 0 N–H and O–H groups in total. The smallest absolute Gasteiger partial charge is 0.411 e. The van der Waals surface area contributed by atoms with Crippen LogP contribution in [0.5, 0.6) is 34.5 Å². The van der Waals surface area contributed by atoms with E-state index in [1.807, 2.05) is 0 Å². The maximum absolute atomic E-state index is 16.6. The van der Waals surface area contributed by atoms with Crippen molar-refractivity contribution < 1.29 is 102 Å². The molecule has 6 aromatic carbocycles. The Morgan fingerprint density at radius 3 is 0.987 bits per heavy atom. The molecule has 0 saturated heterocycles. The summed E-state index contributed by atoms with van der Waals surface area (Å²) in [5, 5.41) is 0. The van der Waals surface area contributed by atoms with Crippen LogP contribution in [-0.2, 0) is 16.4 Å². The van der Waals surface area contributed by atoms with Gasteiger partial charge in [0, 0.05) is 0 Å². The third kappa shape index (κ3) is 10.4. The highest BCUT2D eigenvalue weighted by molar-refractivity contribution is 5.61. The maximum atomic E-state index is 16.6. The Kier molecular flexibility index (Phi) is 15.7. The minimum atomic E-state index is -6.26. The number of rotatable bonds is 16. The fourth-order valence-electron chi connectivity index (χ4n) is 8.39. The topological polar surface area (TPSA) is 36.9 Å². The van der Waals surface area contributed by atoms with Crippen molar-refractivity contribution in [2.45, 2.75) is 87.8 Å². The molecule has 23 heteroatoms. The van der Waals surface area contributed by atoms with Crippen LogP contribution in [-0.4, -0.2) is 30.3 Å². The summed E-state index contributed by atoms with van der Waals surface area (Å²) < 4.78 is 308. The van der Waals surface area contributed by atoms with Gasteiger partial charge in [0.25, 0.3) is 0 Å². The number of alkyl halides is 12. The summed E-state index contributed by atoms with van der Waals surface area (Å²) in [4.78, 5) is 0. The van der Waals surface area contributed by atoms with Crippen molar-refractivity contribution in [3.8, 4) is 34.5 Å². The van der Waals surface area contributed by atoms with Crippen molar-refractivity contribution in [1.82, 2.24) is 0 Å². The van der Waals surface area contributed by atoms with Crippen molar-refractivity contribution in [1.29, 1.82) is 0 Å². The van der Waals surface area contributed by atoms with E-state index in [-0.39, 0.29) is 30.0 Å². The number of halogens is 19. The third-order valence-corrected chi connectivity index (χ3v) is 12.5. The second-order valence-corrected chi connectivity index (χ2v) is 18.1. The van der Waals surface area contributed by atoms with Gasteiger partial charge in [-0.05, 0) is 105 Å². The van der Waals surface area contributed by atoms with E-state index in [4.69, 9.17) is 18.9 Å². The molecule has 412 valence electrons. The summed E-state index contributed by atoms with van der Waals surface area (Å²) in [6, 6.07) is 7.43. The lowest BCUT2D eigenvalue weighted by Crippen LogP contribution is -2.54. The fraction of sp³-hybridized carbons (Fsp3) is 0.259. The van der Waals surface area contributed by atoms with Crippen molar-refractivity contribution in [3.05, 3.63) is 190 Å². The molecule has 0 bridgehead atoms. The molecule has 0 aromatic heterocycles. The third-order valence-electron chi connectivity index (χ3n) is 12.5. The fourth-order valence-corrected chi connectivity index (χ4v) is 8.39. The highest BCUT2D eigenvalue weighted by Gasteiger charge is 2.73. The first-order chi connectivity index (χ1) is 35.5. The molecule has 0 spiro atoms. The summed E-state index contributed by atoms with van der Waals surface area (Å²) in [5.74, 6) is -19.3. The second kappa shape index (κ2) is 20.6. The molecule has 4 nitrogen and oxygen atoms in total. The molecule has 77 heavy (non-hydrogen) atoms. The highest BCUT2D eigenvalue weighted by atomic mass is 19.4. The molecule has 0 aliphatic rings. The molecule has 0 aliphatic heterocycles. The maximum Gasteiger partial charge on any atom is 0.411 e. The normalized spacial score (nSPS) is 13.1. The Morgan fingerprint density at radius 1 is 0.377 bits per heavy atom. The minimum absolute atomic E-state index is 0.0429. The quantitative estimate of drug-likeness (QED) is 0.0715. The van der Waals surface area contributed by atoms with E-state index >= 15 is 39.5 Å². The van der Waals surface area contributed by atoms with Crippen molar-refractivity contribution in [2.24, 2.45) is 0 Å². The molecular weight excluding hydrogens is 1070 g/mol. The average molecular weight is 1110 g/mol. The van der Waals surface area contributed by atoms with E-state index in [2.05, 4.69) is 13.2 Å². The van der Waals surface area contributed by atoms with E-state index in [0.717, 1.165) is 26.0 Å². The zero-order valence-electron chi connectivity index (χ0n) is 40.3. The van der Waals surface area contributed by atoms with Gasteiger partial charge in [-0.1, -0.05) is 80.8 Å². The molecular formula is C54H39F19O4. The van der Waals surface area contributed by atoms with Gasteiger partial charge in [-0.2, -0.15) is 61.5 Å². The van der Waals surface area contributed by atoms with Crippen molar-refractivity contribution in [2.75, 3.05) is 0 Å². The van der Waals surface area contributed by atoms with Gasteiger partial charge in [0.1, 0.15) is 34.2 Å². The van der Waals surface area contributed by atoms with E-state index < -0.39 is 155 Å². The molecule has 0 atom stereocenters. The number of ether oxygens (including phenoxy) is 4. The Balaban J connectivity index is 1.35. The largest absolute Gasteiger partial charge is 0.488 e. The first-order valence-corrected chi connectivity index (χ1v) is 22.2. The first-order valence-electron chi connectivity index (χ1n) is 22.2. The molecule has 0 amide bonds. The van der Waals surface area contributed by atoms with Crippen LogP contribution in [0.4, 0.5) is 83.4 Å². The Labute approximate surface area is 426 Å². The van der Waals surface area contributed by atoms with Crippen LogP contribution >= 0.6 is 0 Å². The van der Waals surface area contributed by atoms with E-state index in [1.165, 1.54) is 0 Å². The van der Waals surface area contributed by atoms with Crippen LogP contribution < -0.4 is 18.9 Å². The molecule has 6 rings (SSSR count). The van der Waals surface area contributed by atoms with E-state index in [0.29, 0.717) is 79.2 Å². The van der Waals surface area contributed by atoms with Crippen molar-refractivity contribution >= 4 is 12.2 Å². The molecule has 0 radical (unpaired) electrons. The molecule has 0 heterocycles. The summed E-state index contributed by atoms with van der Waals surface area (Å²) in [6.07, 6.45) is -23.3. The second-order valence-electron chi connectivity index (χ2n) is 18.1. The highest BCUT2D eigenvalue weighted by Crippen LogP contribution is 2.58. The zero-order valence-corrected chi connectivity index (χ0v) is 40.3. The van der Waals surface area contributed by atoms with Crippen LogP contribution in [0.25, 0.3) is 12.2 Å². The summed E-state index contributed by atoms with van der Waals surface area (Å²) >= 11 is 0. The lowest BCUT2D eigenvalue weighted by molar-refractivity contribution is -0.290. The summed E-state index contributed by atoms with van der Waals surface area (Å²) in [6.45, 7) is 13.0. The van der Waals surface area contributed by atoms with Crippen molar-refractivity contribution in [3.63, 3.8) is 0 Å². The van der Waals surface area contributed by atoms with E-state index in [9.17, 15) is 43.9 Å². The van der Waals surface area contributed by atoms with Gasteiger partial charge in [0.15, 0.2) is 34.8 Å². The van der Waals surface area contributed by atoms with Crippen LogP contribution in [0.2, 0.25) is 0 Å². The zero-order chi connectivity index (χ0) is 57.8. The Morgan fingerprint density at radius 2 is 0.675 bits per heavy atom. The predicted octanol–water partition coefficient (Wildman–Crippen LogP) is 18.2. The van der Waals surface area contributed by atoms with Gasteiger partial charge >= 0.3 is 24.7 Å². The molecule has 0 saturated carbocycles. The average Bonchev–Trinajstić information content (AvgIpc) is 3.33. The SMILES string of the molecule is C=Cc1c(F)c(F)c(Oc2ccc(C(c3ccc(OC(C)(C)c4c(F)c(F)c(C=C)c(Oc5ccc(C(c6ccc(OC(C)(C)CC)cc6)(C(F)(F)F)C(F)(F)F)cc5)c4F)cc3)(C(F)(F)F)C(F)(F)F)cc2)c(F)c1F. The van der Waals surface area contributed by atoms with Gasteiger partial charge in [-0.3, -0.25) is 0 Å². The lowest BCUT2D eigenvalue weighted by Gasteiger charge is -2.38. The Bertz CT molecular complexity index is 3100. The van der Waals surface area contributed by atoms with E-state index in [1.54, 1.807) is 20.8 Å². The van der Waals surface area contributed by atoms with Gasteiger partial charge in [0.05, 0.1) is 16.7 Å². The summed E-state index contributed by atoms with van der Waals surface area (Å²) in [7, 11) is 0. The standard InChI is InChI=1S/C54H39F19O4/c1-8-35-38(55)43(60)46(44(61)39(35)56)75-32-21-13-28(14-22-32)50(53(68,69)70,54(71,72)73)30-17-25-34(26-18-30)77-48(6,7)37-41(58)40(57)36(9-2)45(42(37)59)74-31-19-11-27(12-20-31)49(51(62,63)64,52(65,66)67)29-15-23-33(24-16-29)76-47(4,5)10-3/h8-9,11-26H,1-2,10H2,3-7H3. The number of benzene rings is 6. The number of hydrogen-bond donors (Lipinski definition) is 0. The van der Waals surface area contributed by atoms with Gasteiger partial charge in [-0.15, -0.1) is 0 Å². The lowest BCUT2D eigenvalue weighted by atomic mass is 9.73. The van der Waals surface area contributed by atoms with Crippen LogP contribution in [0, 0.1) is 40.7 Å². The van der Waals surface area contributed by atoms with Crippen LogP contribution in [0.15, 0.2) is 110 Å². The first kappa shape index (κ1) is 58.9. The summed E-state index contributed by atoms with van der Waals surface area (Å²) in [5.41, 5.74) is -22.5. The predicted molar refractivity (Wildman–Crippen MR) is 243 cm³/mol. The molecule has 0 unspecified atom stereocenters. The van der Waals surface area contributed by atoms with Gasteiger partial charge in [-0.25, -0.2) is 22.0 Å². The number of hydrogen-bond acceptors (Lipinski definition) is 4. The monoisotopic (exact) mass is 1110 g/mol.